The second kappa shape index (κ2) is 10.2. The number of amides is 1. The molecular weight excluding hydrogens is 388 g/mol. The van der Waals surface area contributed by atoms with Gasteiger partial charge in [-0.1, -0.05) is 0 Å². The molecule has 0 aliphatic carbocycles. The standard InChI is InChI=1S/C22H26N2O4S/c1-15(2)28-19-9-5-16(6-10-19)21(25)24-22(29)23-17-7-11-18(12-8-17)27-14-20-4-3-13-26-20/h5-12,15,20H,3-4,13-14H2,1-2H3,(H2,23,24,25,29)/t20-/m1/s1. The van der Waals surface area contributed by atoms with E-state index in [0.717, 1.165) is 36.6 Å². The van der Waals surface area contributed by atoms with Crippen molar-refractivity contribution in [3.8, 4) is 11.5 Å². The van der Waals surface area contributed by atoms with Crippen molar-refractivity contribution >= 4 is 28.9 Å². The van der Waals surface area contributed by atoms with Gasteiger partial charge in [0.05, 0.1) is 12.2 Å². The summed E-state index contributed by atoms with van der Waals surface area (Å²) in [6.45, 7) is 5.28. The smallest absolute Gasteiger partial charge is 0.257 e. The van der Waals surface area contributed by atoms with Crippen molar-refractivity contribution in [3.63, 3.8) is 0 Å². The molecule has 1 aliphatic rings. The Hall–Kier alpha value is -2.64. The summed E-state index contributed by atoms with van der Waals surface area (Å²) in [5, 5.41) is 5.90. The molecule has 0 bridgehead atoms. The minimum Gasteiger partial charge on any atom is -0.491 e. The Bertz CT molecular complexity index is 816. The third kappa shape index (κ3) is 6.73. The highest BCUT2D eigenvalue weighted by molar-refractivity contribution is 7.80. The molecule has 2 N–H and O–H groups in total. The first-order valence-electron chi connectivity index (χ1n) is 9.73. The van der Waals surface area contributed by atoms with Gasteiger partial charge in [0, 0.05) is 17.9 Å². The lowest BCUT2D eigenvalue weighted by Gasteiger charge is -2.13. The largest absolute Gasteiger partial charge is 0.491 e. The Morgan fingerprint density at radius 2 is 1.83 bits per heavy atom. The summed E-state index contributed by atoms with van der Waals surface area (Å²) >= 11 is 5.24. The van der Waals surface area contributed by atoms with E-state index in [9.17, 15) is 4.79 Å². The number of carbonyl (C=O) groups is 1. The summed E-state index contributed by atoms with van der Waals surface area (Å²) in [7, 11) is 0. The Balaban J connectivity index is 1.46. The fourth-order valence-corrected chi connectivity index (χ4v) is 3.10. The molecule has 29 heavy (non-hydrogen) atoms. The van der Waals surface area contributed by atoms with Crippen LogP contribution in [-0.2, 0) is 4.74 Å². The summed E-state index contributed by atoms with van der Waals surface area (Å²) in [4.78, 5) is 12.3. The van der Waals surface area contributed by atoms with Gasteiger partial charge in [-0.15, -0.1) is 0 Å². The molecule has 0 aromatic heterocycles. The zero-order valence-corrected chi connectivity index (χ0v) is 17.5. The maximum absolute atomic E-state index is 12.3. The van der Waals surface area contributed by atoms with E-state index in [1.165, 1.54) is 0 Å². The quantitative estimate of drug-likeness (QED) is 0.663. The number of nitrogens with one attached hydrogen (secondary N) is 2. The summed E-state index contributed by atoms with van der Waals surface area (Å²) < 4.78 is 16.9. The summed E-state index contributed by atoms with van der Waals surface area (Å²) in [5.74, 6) is 1.21. The third-order valence-corrected chi connectivity index (χ3v) is 4.49. The molecule has 1 fully saturated rings. The van der Waals surface area contributed by atoms with Gasteiger partial charge in [-0.3, -0.25) is 10.1 Å². The van der Waals surface area contributed by atoms with Gasteiger partial charge in [0.15, 0.2) is 5.11 Å². The number of carbonyl (C=O) groups excluding carboxylic acids is 1. The van der Waals surface area contributed by atoms with Crippen molar-refractivity contribution in [2.45, 2.75) is 38.9 Å². The number of rotatable bonds is 7. The molecule has 3 rings (SSSR count). The Morgan fingerprint density at radius 3 is 2.45 bits per heavy atom. The van der Waals surface area contributed by atoms with Crippen LogP contribution in [0.2, 0.25) is 0 Å². The van der Waals surface area contributed by atoms with Crippen molar-refractivity contribution in [2.75, 3.05) is 18.5 Å². The highest BCUT2D eigenvalue weighted by Gasteiger charge is 2.16. The molecule has 1 atom stereocenters. The number of thiocarbonyl (C=S) groups is 1. The molecule has 6 nitrogen and oxygen atoms in total. The van der Waals surface area contributed by atoms with Gasteiger partial charge >= 0.3 is 0 Å². The molecule has 1 amide bonds. The summed E-state index contributed by atoms with van der Waals surface area (Å²) in [6.07, 6.45) is 2.40. The van der Waals surface area contributed by atoms with Crippen molar-refractivity contribution in [1.29, 1.82) is 0 Å². The first kappa shape index (κ1) is 21.1. The van der Waals surface area contributed by atoms with Crippen LogP contribution >= 0.6 is 12.2 Å². The number of benzene rings is 2. The molecule has 0 spiro atoms. The number of hydrogen-bond donors (Lipinski definition) is 2. The van der Waals surface area contributed by atoms with E-state index in [1.54, 1.807) is 24.3 Å². The Labute approximate surface area is 176 Å². The van der Waals surface area contributed by atoms with Crippen LogP contribution in [0.1, 0.15) is 37.0 Å². The van der Waals surface area contributed by atoms with Gasteiger partial charge in [0.25, 0.3) is 5.91 Å². The molecule has 1 aliphatic heterocycles. The highest BCUT2D eigenvalue weighted by atomic mass is 32.1. The third-order valence-electron chi connectivity index (χ3n) is 4.29. The second-order valence-corrected chi connectivity index (χ2v) is 7.48. The van der Waals surface area contributed by atoms with E-state index in [0.29, 0.717) is 12.2 Å². The first-order chi connectivity index (χ1) is 14.0. The van der Waals surface area contributed by atoms with Crippen molar-refractivity contribution in [3.05, 3.63) is 54.1 Å². The van der Waals surface area contributed by atoms with Crippen molar-refractivity contribution < 1.29 is 19.0 Å². The topological polar surface area (TPSA) is 68.8 Å². The zero-order chi connectivity index (χ0) is 20.6. The van der Waals surface area contributed by atoms with Gasteiger partial charge < -0.3 is 19.5 Å². The maximum atomic E-state index is 12.3. The minimum atomic E-state index is -0.282. The van der Waals surface area contributed by atoms with Gasteiger partial charge in [0.1, 0.15) is 18.1 Å². The molecular formula is C22H26N2O4S. The predicted molar refractivity (Wildman–Crippen MR) is 117 cm³/mol. The van der Waals surface area contributed by atoms with Gasteiger partial charge in [-0.25, -0.2) is 0 Å². The lowest BCUT2D eigenvalue weighted by molar-refractivity contribution is 0.0679. The molecule has 1 saturated heterocycles. The van der Waals surface area contributed by atoms with Crippen LogP contribution in [0.25, 0.3) is 0 Å². The van der Waals surface area contributed by atoms with E-state index < -0.39 is 0 Å². The van der Waals surface area contributed by atoms with Crippen LogP contribution in [0.15, 0.2) is 48.5 Å². The molecule has 1 heterocycles. The van der Waals surface area contributed by atoms with Crippen molar-refractivity contribution in [2.24, 2.45) is 0 Å². The van der Waals surface area contributed by atoms with Crippen LogP contribution < -0.4 is 20.1 Å². The fourth-order valence-electron chi connectivity index (χ4n) is 2.89. The number of anilines is 1. The van der Waals surface area contributed by atoms with E-state index in [2.05, 4.69) is 10.6 Å². The first-order valence-corrected chi connectivity index (χ1v) is 10.1. The molecule has 0 saturated carbocycles. The van der Waals surface area contributed by atoms with Crippen LogP contribution in [0.4, 0.5) is 5.69 Å². The second-order valence-electron chi connectivity index (χ2n) is 7.07. The lowest BCUT2D eigenvalue weighted by atomic mass is 10.2. The highest BCUT2D eigenvalue weighted by Crippen LogP contribution is 2.18. The van der Waals surface area contributed by atoms with Crippen LogP contribution in [0.5, 0.6) is 11.5 Å². The maximum Gasteiger partial charge on any atom is 0.257 e. The van der Waals surface area contributed by atoms with E-state index in [1.807, 2.05) is 38.1 Å². The van der Waals surface area contributed by atoms with E-state index in [4.69, 9.17) is 26.4 Å². The van der Waals surface area contributed by atoms with Gasteiger partial charge in [-0.2, -0.15) is 0 Å². The molecule has 2 aromatic carbocycles. The summed E-state index contributed by atoms with van der Waals surface area (Å²) in [6, 6.07) is 14.3. The fraction of sp³-hybridized carbons (Fsp3) is 0.364. The average Bonchev–Trinajstić information content (AvgIpc) is 3.21. The van der Waals surface area contributed by atoms with E-state index in [-0.39, 0.29) is 23.2 Å². The van der Waals surface area contributed by atoms with Crippen LogP contribution in [-0.4, -0.2) is 36.4 Å². The Morgan fingerprint density at radius 1 is 1.14 bits per heavy atom. The SMILES string of the molecule is CC(C)Oc1ccc(C(=O)NC(=S)Nc2ccc(OC[C@H]3CCCO3)cc2)cc1. The monoisotopic (exact) mass is 414 g/mol. The molecule has 2 aromatic rings. The lowest BCUT2D eigenvalue weighted by Crippen LogP contribution is -2.34. The van der Waals surface area contributed by atoms with Crippen LogP contribution in [0, 0.1) is 0 Å². The molecule has 0 unspecified atom stereocenters. The minimum absolute atomic E-state index is 0.0827. The molecule has 154 valence electrons. The molecule has 7 heteroatoms. The number of hydrogen-bond acceptors (Lipinski definition) is 5. The average molecular weight is 415 g/mol. The van der Waals surface area contributed by atoms with Gasteiger partial charge in [-0.05, 0) is 87.4 Å². The summed E-state index contributed by atoms with van der Waals surface area (Å²) in [5.41, 5.74) is 1.27. The number of ether oxygens (including phenoxy) is 3. The Kier molecular flexibility index (Phi) is 7.43. The van der Waals surface area contributed by atoms with Crippen LogP contribution in [0.3, 0.4) is 0 Å². The predicted octanol–water partition coefficient (Wildman–Crippen LogP) is 4.16. The normalized spacial score (nSPS) is 15.8. The van der Waals surface area contributed by atoms with Gasteiger partial charge in [0.2, 0.25) is 0 Å². The van der Waals surface area contributed by atoms with E-state index >= 15 is 0 Å². The molecule has 0 radical (unpaired) electrons. The van der Waals surface area contributed by atoms with Crippen molar-refractivity contribution in [1.82, 2.24) is 5.32 Å². The zero-order valence-electron chi connectivity index (χ0n) is 16.6.